The lowest BCUT2D eigenvalue weighted by atomic mass is 10.0. The number of nitrogens with zero attached hydrogens (tertiary/aromatic N) is 1. The number of benzene rings is 2. The summed E-state index contributed by atoms with van der Waals surface area (Å²) in [7, 11) is 0. The fraction of sp³-hybridized carbons (Fsp3) is 0.174. The van der Waals surface area contributed by atoms with Crippen LogP contribution in [0.25, 0.3) is 21.9 Å². The van der Waals surface area contributed by atoms with Gasteiger partial charge >= 0.3 is 11.6 Å². The summed E-state index contributed by atoms with van der Waals surface area (Å²) < 4.78 is 10.9. The number of fused-ring (bicyclic) bond motifs is 2. The maximum atomic E-state index is 12.8. The number of hydrogen-bond donors (Lipinski definition) is 0. The van der Waals surface area contributed by atoms with Crippen LogP contribution in [0.4, 0.5) is 0 Å². The summed E-state index contributed by atoms with van der Waals surface area (Å²) >= 11 is 0. The van der Waals surface area contributed by atoms with Crippen molar-refractivity contribution in [2.45, 2.75) is 27.4 Å². The summed E-state index contributed by atoms with van der Waals surface area (Å²) in [6.07, 6.45) is 0. The second kappa shape index (κ2) is 6.93. The molecule has 0 fully saturated rings. The number of aryl methyl sites for hydroxylation is 3. The van der Waals surface area contributed by atoms with Gasteiger partial charge in [0.05, 0.1) is 11.1 Å². The first kappa shape index (κ1) is 17.9. The van der Waals surface area contributed by atoms with E-state index >= 15 is 0 Å². The second-order valence-corrected chi connectivity index (χ2v) is 6.93. The molecule has 5 heteroatoms. The van der Waals surface area contributed by atoms with Crippen molar-refractivity contribution in [3.05, 3.63) is 86.9 Å². The van der Waals surface area contributed by atoms with Crippen molar-refractivity contribution in [1.82, 2.24) is 4.98 Å². The average molecular weight is 373 g/mol. The van der Waals surface area contributed by atoms with Crippen LogP contribution >= 0.6 is 0 Å². The van der Waals surface area contributed by atoms with Crippen LogP contribution in [0, 0.1) is 20.8 Å². The number of pyridine rings is 1. The molecule has 5 nitrogen and oxygen atoms in total. The molecule has 2 heterocycles. The lowest BCUT2D eigenvalue weighted by molar-refractivity contribution is 0.0476. The van der Waals surface area contributed by atoms with E-state index in [1.807, 2.05) is 57.2 Å². The third-order valence-corrected chi connectivity index (χ3v) is 4.87. The predicted octanol–water partition coefficient (Wildman–Crippen LogP) is 4.62. The van der Waals surface area contributed by atoms with E-state index in [0.29, 0.717) is 16.7 Å². The molecule has 2 aromatic carbocycles. The first-order valence-corrected chi connectivity index (χ1v) is 9.00. The minimum atomic E-state index is -0.466. The molecule has 0 aliphatic heterocycles. The Kier molecular flexibility index (Phi) is 4.43. The molecule has 0 aliphatic carbocycles. The van der Waals surface area contributed by atoms with Gasteiger partial charge in [0.1, 0.15) is 12.2 Å². The Morgan fingerprint density at radius 3 is 2.57 bits per heavy atom. The highest BCUT2D eigenvalue weighted by molar-refractivity contribution is 6.03. The van der Waals surface area contributed by atoms with E-state index < -0.39 is 11.6 Å². The van der Waals surface area contributed by atoms with E-state index in [0.717, 1.165) is 33.1 Å². The number of carbonyl (C=O) groups excluding carboxylic acids is 1. The topological polar surface area (TPSA) is 69.4 Å². The normalized spacial score (nSPS) is 11.1. The zero-order valence-electron chi connectivity index (χ0n) is 15.9. The van der Waals surface area contributed by atoms with E-state index in [-0.39, 0.29) is 6.61 Å². The summed E-state index contributed by atoms with van der Waals surface area (Å²) in [5.41, 5.74) is 4.70. The molecule has 2 aromatic heterocycles. The van der Waals surface area contributed by atoms with Gasteiger partial charge in [-0.15, -0.1) is 0 Å². The summed E-state index contributed by atoms with van der Waals surface area (Å²) in [5.74, 6) is -0.452. The van der Waals surface area contributed by atoms with Crippen molar-refractivity contribution in [3.63, 3.8) is 0 Å². The van der Waals surface area contributed by atoms with Crippen molar-refractivity contribution >= 4 is 27.8 Å². The van der Waals surface area contributed by atoms with Crippen molar-refractivity contribution in [2.75, 3.05) is 0 Å². The van der Waals surface area contributed by atoms with Gasteiger partial charge < -0.3 is 9.15 Å². The molecule has 0 atom stereocenters. The van der Waals surface area contributed by atoms with Crippen LogP contribution in [0.5, 0.6) is 0 Å². The Labute approximate surface area is 161 Å². The van der Waals surface area contributed by atoms with Crippen molar-refractivity contribution < 1.29 is 13.9 Å². The van der Waals surface area contributed by atoms with Gasteiger partial charge in [-0.1, -0.05) is 18.2 Å². The molecule has 0 bridgehead atoms. The highest BCUT2D eigenvalue weighted by Gasteiger charge is 2.15. The molecule has 4 aromatic rings. The van der Waals surface area contributed by atoms with Crippen molar-refractivity contribution in [3.8, 4) is 0 Å². The van der Waals surface area contributed by atoms with E-state index in [9.17, 15) is 9.59 Å². The molecule has 0 saturated carbocycles. The lowest BCUT2D eigenvalue weighted by Gasteiger charge is -2.11. The zero-order valence-corrected chi connectivity index (χ0v) is 15.9. The largest absolute Gasteiger partial charge is 0.457 e. The molecule has 0 amide bonds. The second-order valence-electron chi connectivity index (χ2n) is 6.93. The summed E-state index contributed by atoms with van der Waals surface area (Å²) in [6.45, 7) is 5.77. The van der Waals surface area contributed by atoms with E-state index in [1.54, 1.807) is 6.07 Å². The highest BCUT2D eigenvalue weighted by atomic mass is 16.5. The molecule has 4 rings (SSSR count). The van der Waals surface area contributed by atoms with Crippen molar-refractivity contribution in [1.29, 1.82) is 0 Å². The number of esters is 1. The number of para-hydroxylation sites is 1. The molecule has 0 aliphatic rings. The molecular weight excluding hydrogens is 354 g/mol. The Hall–Kier alpha value is -3.47. The first-order chi connectivity index (χ1) is 13.4. The Balaban J connectivity index is 1.70. The average Bonchev–Trinajstić information content (AvgIpc) is 2.66. The van der Waals surface area contributed by atoms with Gasteiger partial charge in [-0.25, -0.2) is 9.59 Å². The smallest absolute Gasteiger partial charge is 0.339 e. The molecule has 28 heavy (non-hydrogen) atoms. The third-order valence-electron chi connectivity index (χ3n) is 4.87. The highest BCUT2D eigenvalue weighted by Crippen LogP contribution is 2.23. The van der Waals surface area contributed by atoms with Gasteiger partial charge in [-0.2, -0.15) is 0 Å². The molecule has 0 N–H and O–H groups in total. The number of aromatic nitrogens is 1. The van der Waals surface area contributed by atoms with Crippen LogP contribution in [0.2, 0.25) is 0 Å². The minimum Gasteiger partial charge on any atom is -0.457 e. The van der Waals surface area contributed by atoms with Crippen LogP contribution in [-0.2, 0) is 11.3 Å². The van der Waals surface area contributed by atoms with Gasteiger partial charge in [0.2, 0.25) is 0 Å². The first-order valence-electron chi connectivity index (χ1n) is 9.00. The maximum absolute atomic E-state index is 12.8. The number of ether oxygens (including phenoxy) is 1. The van der Waals surface area contributed by atoms with E-state index in [2.05, 4.69) is 4.98 Å². The number of hydrogen-bond acceptors (Lipinski definition) is 5. The fourth-order valence-corrected chi connectivity index (χ4v) is 3.30. The van der Waals surface area contributed by atoms with Gasteiger partial charge in [-0.3, -0.25) is 4.98 Å². The van der Waals surface area contributed by atoms with Gasteiger partial charge in [0, 0.05) is 28.1 Å². The quantitative estimate of drug-likeness (QED) is 0.387. The van der Waals surface area contributed by atoms with Crippen LogP contribution in [0.3, 0.4) is 0 Å². The third kappa shape index (κ3) is 3.27. The molecule has 140 valence electrons. The Bertz CT molecular complexity index is 1290. The van der Waals surface area contributed by atoms with Crippen LogP contribution in [0.15, 0.2) is 57.7 Å². The van der Waals surface area contributed by atoms with Gasteiger partial charge in [-0.05, 0) is 56.2 Å². The monoisotopic (exact) mass is 373 g/mol. The van der Waals surface area contributed by atoms with Crippen LogP contribution < -0.4 is 5.63 Å². The Morgan fingerprint density at radius 1 is 1.00 bits per heavy atom. The predicted molar refractivity (Wildman–Crippen MR) is 108 cm³/mol. The molecule has 0 radical (unpaired) electrons. The number of rotatable bonds is 3. The van der Waals surface area contributed by atoms with Crippen LogP contribution in [-0.4, -0.2) is 11.0 Å². The van der Waals surface area contributed by atoms with Gasteiger partial charge in [0.25, 0.3) is 0 Å². The molecule has 0 spiro atoms. The molecular formula is C23H19NO4. The number of carbonyl (C=O) groups is 1. The standard InChI is InChI=1S/C23H19NO4/c1-13-8-18-16(11-22(25)28-21(18)9-14(13)2)12-27-23(26)19-10-15(3)24-20-7-5-4-6-17(19)20/h4-11H,12H2,1-3H3. The maximum Gasteiger partial charge on any atom is 0.339 e. The summed E-state index contributed by atoms with van der Waals surface area (Å²) in [6, 6.07) is 14.3. The molecule has 0 unspecified atom stereocenters. The van der Waals surface area contributed by atoms with Crippen LogP contribution in [0.1, 0.15) is 32.7 Å². The Morgan fingerprint density at radius 2 is 1.75 bits per heavy atom. The zero-order chi connectivity index (χ0) is 19.8. The summed E-state index contributed by atoms with van der Waals surface area (Å²) in [5, 5.41) is 1.51. The van der Waals surface area contributed by atoms with E-state index in [4.69, 9.17) is 9.15 Å². The SMILES string of the molecule is Cc1cc(C(=O)OCc2cc(=O)oc3cc(C)c(C)cc23)c2ccccc2n1. The lowest BCUT2D eigenvalue weighted by Crippen LogP contribution is -2.09. The van der Waals surface area contributed by atoms with E-state index in [1.165, 1.54) is 6.07 Å². The van der Waals surface area contributed by atoms with Crippen molar-refractivity contribution in [2.24, 2.45) is 0 Å². The van der Waals surface area contributed by atoms with Gasteiger partial charge in [0.15, 0.2) is 0 Å². The minimum absolute atomic E-state index is 0.0148. The fourth-order valence-electron chi connectivity index (χ4n) is 3.30. The molecule has 0 saturated heterocycles. The summed E-state index contributed by atoms with van der Waals surface area (Å²) in [4.78, 5) is 29.1.